The van der Waals surface area contributed by atoms with Crippen molar-refractivity contribution in [2.24, 2.45) is 0 Å². The van der Waals surface area contributed by atoms with Crippen LogP contribution < -0.4 is 0 Å². The van der Waals surface area contributed by atoms with Gasteiger partial charge in [-0.2, -0.15) is 8.42 Å². The summed E-state index contributed by atoms with van der Waals surface area (Å²) in [6, 6.07) is 0. The fraction of sp³-hybridized carbons (Fsp3) is 0.947. The Balaban J connectivity index is 5.22. The van der Waals surface area contributed by atoms with E-state index in [-0.39, 0.29) is 11.5 Å². The molecule has 0 aromatic heterocycles. The summed E-state index contributed by atoms with van der Waals surface area (Å²) in [5.74, 6) is 2.29. The predicted octanol–water partition coefficient (Wildman–Crippen LogP) is 5.68. The van der Waals surface area contributed by atoms with Gasteiger partial charge in [0.05, 0.1) is 5.75 Å². The number of rotatable bonds is 17. The van der Waals surface area contributed by atoms with Crippen molar-refractivity contribution in [1.29, 1.82) is 0 Å². The Morgan fingerprint density at radius 2 is 1.20 bits per heavy atom. The van der Waals surface area contributed by atoms with Crippen molar-refractivity contribution in [3.05, 3.63) is 0 Å². The highest BCUT2D eigenvalue weighted by atomic mass is 32.3. The summed E-state index contributed by atoms with van der Waals surface area (Å²) in [6.45, 7) is 8.33. The van der Waals surface area contributed by atoms with Crippen LogP contribution >= 0.6 is 10.3 Å². The maximum Gasteiger partial charge on any atom is 0.390 e. The Morgan fingerprint density at radius 1 is 0.720 bits per heavy atom. The molecule has 0 bridgehead atoms. The van der Waals surface area contributed by atoms with Gasteiger partial charge in [0.25, 0.3) is 0 Å². The van der Waals surface area contributed by atoms with Gasteiger partial charge in [-0.1, -0.05) is 59.8 Å². The summed E-state index contributed by atoms with van der Waals surface area (Å²) in [4.78, 5) is 12.5. The Hall–Kier alpha value is -0.0700. The maximum atomic E-state index is 12.5. The molecule has 0 aliphatic heterocycles. The Labute approximate surface area is 158 Å². The SMILES string of the molecule is CCCCCC(=O)CS(CCCC)(CCCC)[OH+]S(=O)(=O)CCCC. The fourth-order valence-electron chi connectivity index (χ4n) is 2.72. The fourth-order valence-corrected chi connectivity index (χ4v) is 9.30. The first-order valence-electron chi connectivity index (χ1n) is 10.1. The standard InChI is InChI=1S/C19H40O4S2/c1-5-9-13-14-19(20)18-24(15-10-6-2,16-11-7-3)23-25(21,22)17-12-8-4/h5-18H2,1-4H3/p+1. The lowest BCUT2D eigenvalue weighted by atomic mass is 10.2. The van der Waals surface area contributed by atoms with Gasteiger partial charge in [0.2, 0.25) is 0 Å². The molecule has 0 saturated carbocycles. The van der Waals surface area contributed by atoms with Crippen molar-refractivity contribution in [2.75, 3.05) is 23.0 Å². The molecule has 0 spiro atoms. The normalized spacial score (nSPS) is 13.1. The summed E-state index contributed by atoms with van der Waals surface area (Å²) < 4.78 is 29.5. The maximum absolute atomic E-state index is 12.5. The third-order valence-corrected chi connectivity index (χ3v) is 10.2. The van der Waals surface area contributed by atoms with Gasteiger partial charge in [0.1, 0.15) is 11.5 Å². The summed E-state index contributed by atoms with van der Waals surface area (Å²) in [5, 5.41) is 0. The van der Waals surface area contributed by atoms with Gasteiger partial charge < -0.3 is 0 Å². The highest BCUT2D eigenvalue weighted by Crippen LogP contribution is 2.50. The minimum atomic E-state index is -3.42. The molecule has 0 unspecified atom stereocenters. The molecule has 6 heteroatoms. The molecule has 0 aromatic rings. The zero-order valence-electron chi connectivity index (χ0n) is 16.9. The lowest BCUT2D eigenvalue weighted by molar-refractivity contribution is -0.116. The molecule has 152 valence electrons. The number of carbonyl (C=O) groups excluding carboxylic acids is 1. The lowest BCUT2D eigenvalue weighted by Gasteiger charge is -2.33. The van der Waals surface area contributed by atoms with Crippen LogP contribution in [0.3, 0.4) is 0 Å². The van der Waals surface area contributed by atoms with E-state index in [0.29, 0.717) is 18.6 Å². The van der Waals surface area contributed by atoms with Gasteiger partial charge in [-0.25, -0.2) is 0 Å². The summed E-state index contributed by atoms with van der Waals surface area (Å²) >= 11 is 0. The second kappa shape index (κ2) is 14.0. The van der Waals surface area contributed by atoms with Crippen LogP contribution in [-0.2, 0) is 14.9 Å². The average molecular weight is 398 g/mol. The van der Waals surface area contributed by atoms with E-state index in [2.05, 4.69) is 24.4 Å². The lowest BCUT2D eigenvalue weighted by Crippen LogP contribution is -2.29. The molecule has 0 saturated heterocycles. The molecule has 0 rings (SSSR count). The molecule has 1 N–H and O–H groups in total. The van der Waals surface area contributed by atoms with E-state index in [0.717, 1.165) is 62.9 Å². The minimum absolute atomic E-state index is 0.126. The molecule has 0 fully saturated rings. The summed E-state index contributed by atoms with van der Waals surface area (Å²) in [6.07, 6.45) is 9.05. The van der Waals surface area contributed by atoms with Gasteiger partial charge in [-0.05, 0) is 36.0 Å². The van der Waals surface area contributed by atoms with Gasteiger partial charge in [0.15, 0.2) is 0 Å². The first-order valence-corrected chi connectivity index (χ1v) is 13.8. The first kappa shape index (κ1) is 24.9. The van der Waals surface area contributed by atoms with E-state index in [1.807, 2.05) is 6.92 Å². The topological polar surface area (TPSA) is 64.0 Å². The average Bonchev–Trinajstić information content (AvgIpc) is 2.56. The Morgan fingerprint density at radius 3 is 1.68 bits per heavy atom. The molecular weight excluding hydrogens is 356 g/mol. The largest absolute Gasteiger partial charge is 0.390 e. The second-order valence-corrected chi connectivity index (χ2v) is 12.2. The molecule has 0 heterocycles. The highest BCUT2D eigenvalue weighted by molar-refractivity contribution is 8.32. The first-order chi connectivity index (χ1) is 11.8. The summed E-state index contributed by atoms with van der Waals surface area (Å²) in [7, 11) is -5.18. The molecule has 0 amide bonds. The van der Waals surface area contributed by atoms with E-state index >= 15 is 0 Å². The molecule has 0 radical (unpaired) electrons. The highest BCUT2D eigenvalue weighted by Gasteiger charge is 2.37. The number of ketones is 1. The van der Waals surface area contributed by atoms with Crippen molar-refractivity contribution in [3.63, 3.8) is 0 Å². The van der Waals surface area contributed by atoms with E-state index in [1.54, 1.807) is 0 Å². The van der Waals surface area contributed by atoms with Crippen molar-refractivity contribution in [2.45, 2.75) is 91.9 Å². The smallest absolute Gasteiger partial charge is 0.299 e. The van der Waals surface area contributed by atoms with Crippen LogP contribution in [0.15, 0.2) is 0 Å². The van der Waals surface area contributed by atoms with Crippen LogP contribution in [0.25, 0.3) is 0 Å². The molecule has 0 atom stereocenters. The van der Waals surface area contributed by atoms with Crippen molar-refractivity contribution in [1.82, 2.24) is 0 Å². The quantitative estimate of drug-likeness (QED) is 0.180. The zero-order valence-corrected chi connectivity index (χ0v) is 18.5. The van der Waals surface area contributed by atoms with Crippen LogP contribution in [0, 0.1) is 0 Å². The number of Topliss-reactive ketones (excluding diaryl/α,β-unsaturated/α-hetero) is 1. The van der Waals surface area contributed by atoms with Gasteiger partial charge in [-0.3, -0.25) is 8.42 Å². The van der Waals surface area contributed by atoms with Crippen molar-refractivity contribution in [3.8, 4) is 0 Å². The number of unbranched alkanes of at least 4 members (excludes halogenated alkanes) is 5. The van der Waals surface area contributed by atoms with Crippen LogP contribution in [0.2, 0.25) is 0 Å². The monoisotopic (exact) mass is 397 g/mol. The van der Waals surface area contributed by atoms with E-state index in [4.69, 9.17) is 0 Å². The molecule has 4 nitrogen and oxygen atoms in total. The second-order valence-electron chi connectivity index (χ2n) is 6.97. The van der Waals surface area contributed by atoms with Crippen molar-refractivity contribution < 1.29 is 16.8 Å². The molecule has 0 aliphatic carbocycles. The van der Waals surface area contributed by atoms with Crippen LogP contribution in [-0.4, -0.2) is 40.8 Å². The molecule has 0 aliphatic rings. The van der Waals surface area contributed by atoms with Crippen molar-refractivity contribution >= 4 is 26.2 Å². The molecular formula is C19H41O4S2+. The zero-order chi connectivity index (χ0) is 19.2. The Bertz CT molecular complexity index is 438. The van der Waals surface area contributed by atoms with Crippen LogP contribution in [0.4, 0.5) is 0 Å². The molecule has 25 heavy (non-hydrogen) atoms. The third kappa shape index (κ3) is 12.0. The predicted molar refractivity (Wildman–Crippen MR) is 112 cm³/mol. The van der Waals surface area contributed by atoms with E-state index in [1.165, 1.54) is 0 Å². The van der Waals surface area contributed by atoms with Gasteiger partial charge in [0, 0.05) is 17.9 Å². The number of hydrogen-bond donors (Lipinski definition) is 0. The summed E-state index contributed by atoms with van der Waals surface area (Å²) in [5.41, 5.74) is 0. The van der Waals surface area contributed by atoms with Gasteiger partial charge in [-0.15, -0.1) is 0 Å². The Kier molecular flexibility index (Phi) is 14.0. The van der Waals surface area contributed by atoms with E-state index < -0.39 is 20.4 Å². The molecule has 0 aromatic carbocycles. The van der Waals surface area contributed by atoms with Gasteiger partial charge >= 0.3 is 10.1 Å². The van der Waals surface area contributed by atoms with E-state index in [9.17, 15) is 13.2 Å². The van der Waals surface area contributed by atoms with Crippen LogP contribution in [0.5, 0.6) is 0 Å². The minimum Gasteiger partial charge on any atom is -0.299 e. The number of hydrogen-bond acceptors (Lipinski definition) is 3. The third-order valence-electron chi connectivity index (χ3n) is 4.27. The van der Waals surface area contributed by atoms with Crippen LogP contribution in [0.1, 0.15) is 91.9 Å². The number of carbonyl (C=O) groups is 1.